The van der Waals surface area contributed by atoms with E-state index in [0.717, 1.165) is 17.2 Å². The van der Waals surface area contributed by atoms with Gasteiger partial charge in [-0.2, -0.15) is 0 Å². The van der Waals surface area contributed by atoms with Gasteiger partial charge >= 0.3 is 0 Å². The summed E-state index contributed by atoms with van der Waals surface area (Å²) in [6, 6.07) is 50.4. The first-order chi connectivity index (χ1) is 21.8. The van der Waals surface area contributed by atoms with E-state index in [4.69, 9.17) is 4.99 Å². The summed E-state index contributed by atoms with van der Waals surface area (Å²) in [6.07, 6.45) is 0. The second-order valence-corrected chi connectivity index (χ2v) is 12.7. The Balaban J connectivity index is 1.36. The lowest BCUT2D eigenvalue weighted by atomic mass is 9.96. The van der Waals surface area contributed by atoms with Crippen molar-refractivity contribution < 1.29 is 0 Å². The number of hydrogen-bond acceptors (Lipinski definition) is 3. The van der Waals surface area contributed by atoms with Gasteiger partial charge in [0.2, 0.25) is 0 Å². The van der Waals surface area contributed by atoms with E-state index in [-0.39, 0.29) is 6.04 Å². The van der Waals surface area contributed by atoms with E-state index in [9.17, 15) is 0 Å². The predicted octanol–water partition coefficient (Wildman–Crippen LogP) is 11.2. The van der Waals surface area contributed by atoms with Gasteiger partial charge in [0.25, 0.3) is 0 Å². The van der Waals surface area contributed by atoms with Gasteiger partial charge in [-0.3, -0.25) is 4.57 Å². The Kier molecular flexibility index (Phi) is 4.93. The zero-order valence-electron chi connectivity index (χ0n) is 23.7. The smallest absolute Gasteiger partial charge is 0.141 e. The molecule has 1 N–H and O–H groups in total. The molecule has 0 aliphatic carbocycles. The third-order valence-electron chi connectivity index (χ3n) is 9.19. The van der Waals surface area contributed by atoms with E-state index in [1.54, 1.807) is 0 Å². The number of para-hydroxylation sites is 2. The molecule has 0 saturated carbocycles. The average molecular weight is 580 g/mol. The molecule has 7 aromatic carbocycles. The lowest BCUT2D eigenvalue weighted by molar-refractivity contribution is 0.972. The van der Waals surface area contributed by atoms with Gasteiger partial charge in [0.15, 0.2) is 0 Å². The van der Waals surface area contributed by atoms with Crippen molar-refractivity contribution in [3.05, 3.63) is 145 Å². The maximum atomic E-state index is 5.48. The number of rotatable bonds is 1. The van der Waals surface area contributed by atoms with Crippen LogP contribution < -0.4 is 5.32 Å². The topological polar surface area (TPSA) is 29.3 Å². The summed E-state index contributed by atoms with van der Waals surface area (Å²) in [5.41, 5.74) is 5.57. The second-order valence-electron chi connectivity index (χ2n) is 11.6. The number of aromatic nitrogens is 1. The first kappa shape index (κ1) is 24.0. The fraction of sp³-hybridized carbons (Fsp3) is 0.0250. The molecule has 1 aliphatic rings. The Hall–Kier alpha value is -5.45. The van der Waals surface area contributed by atoms with E-state index in [1.165, 1.54) is 69.1 Å². The van der Waals surface area contributed by atoms with Crippen LogP contribution in [0.2, 0.25) is 0 Å². The summed E-state index contributed by atoms with van der Waals surface area (Å²) >= 11 is 1.86. The predicted molar refractivity (Wildman–Crippen MR) is 189 cm³/mol. The molecule has 0 radical (unpaired) electrons. The Bertz CT molecular complexity index is 2650. The first-order valence-electron chi connectivity index (χ1n) is 15.0. The normalized spacial score (nSPS) is 14.9. The number of fused-ring (bicyclic) bond motifs is 9. The molecule has 0 spiro atoms. The highest BCUT2D eigenvalue weighted by Gasteiger charge is 2.30. The summed E-state index contributed by atoms with van der Waals surface area (Å²) in [7, 11) is 0. The molecule has 1 unspecified atom stereocenters. The Morgan fingerprint density at radius 1 is 0.523 bits per heavy atom. The van der Waals surface area contributed by atoms with Gasteiger partial charge in [0, 0.05) is 30.9 Å². The van der Waals surface area contributed by atoms with E-state index < -0.39 is 0 Å². The Labute approximate surface area is 257 Å². The molecular weight excluding hydrogens is 555 g/mol. The van der Waals surface area contributed by atoms with Gasteiger partial charge in [-0.1, -0.05) is 97.1 Å². The number of anilines is 1. The van der Waals surface area contributed by atoms with Crippen LogP contribution in [0.4, 0.5) is 11.4 Å². The lowest BCUT2D eigenvalue weighted by Gasteiger charge is -2.29. The van der Waals surface area contributed by atoms with Gasteiger partial charge in [0.05, 0.1) is 22.4 Å². The maximum Gasteiger partial charge on any atom is 0.141 e. The van der Waals surface area contributed by atoms with Crippen LogP contribution in [-0.2, 0) is 0 Å². The zero-order valence-corrected chi connectivity index (χ0v) is 24.5. The summed E-state index contributed by atoms with van der Waals surface area (Å²) in [5.74, 6) is 0.982. The number of benzene rings is 7. The number of nitrogens with one attached hydrogen (secondary N) is 1. The molecule has 4 heteroatoms. The van der Waals surface area contributed by atoms with Crippen molar-refractivity contribution in [3.8, 4) is 0 Å². The molecule has 0 amide bonds. The molecule has 3 nitrogen and oxygen atoms in total. The van der Waals surface area contributed by atoms with Crippen molar-refractivity contribution in [1.82, 2.24) is 4.57 Å². The molecule has 0 saturated heterocycles. The van der Waals surface area contributed by atoms with E-state index in [2.05, 4.69) is 149 Å². The fourth-order valence-corrected chi connectivity index (χ4v) is 8.29. The quantitative estimate of drug-likeness (QED) is 0.206. The Morgan fingerprint density at radius 3 is 2.11 bits per heavy atom. The van der Waals surface area contributed by atoms with Crippen LogP contribution in [0.25, 0.3) is 63.5 Å². The number of hydrogen-bond donors (Lipinski definition) is 1. The molecule has 1 atom stereocenters. The standard InChI is InChI=1S/C40H25N3S/c1-2-12-26-21-35-30(20-25(26)11-1)31-22-32-28-15-5-8-19-37(28)44-38(32)23-36(31)43(35)40-39(41-33-17-6-7-18-34(33)42-40)29-16-9-13-24-10-3-4-14-27(24)29/h1-23,39,41H. The highest BCUT2D eigenvalue weighted by atomic mass is 32.1. The van der Waals surface area contributed by atoms with Gasteiger partial charge in [0.1, 0.15) is 11.9 Å². The van der Waals surface area contributed by atoms with Crippen LogP contribution in [-0.4, -0.2) is 10.4 Å². The van der Waals surface area contributed by atoms with Gasteiger partial charge in [-0.15, -0.1) is 11.3 Å². The van der Waals surface area contributed by atoms with Crippen molar-refractivity contribution in [2.45, 2.75) is 6.04 Å². The highest BCUT2D eigenvalue weighted by molar-refractivity contribution is 7.25. The molecule has 10 rings (SSSR count). The molecular formula is C40H25N3S. The van der Waals surface area contributed by atoms with Crippen molar-refractivity contribution in [2.24, 2.45) is 4.99 Å². The van der Waals surface area contributed by atoms with Crippen molar-refractivity contribution >= 4 is 92.1 Å². The van der Waals surface area contributed by atoms with E-state index >= 15 is 0 Å². The SMILES string of the molecule is c1ccc2c(c1)N=C(n1c3cc4ccccc4cc3c3cc4c(cc31)sc1ccccc14)C(c1cccc3ccccc13)N2. The van der Waals surface area contributed by atoms with E-state index in [1.807, 2.05) is 11.3 Å². The van der Waals surface area contributed by atoms with Gasteiger partial charge in [-0.25, -0.2) is 4.99 Å². The summed E-state index contributed by atoms with van der Waals surface area (Å²) in [4.78, 5) is 5.48. The minimum absolute atomic E-state index is 0.153. The average Bonchev–Trinajstić information content (AvgIpc) is 3.59. The van der Waals surface area contributed by atoms with Gasteiger partial charge in [-0.05, 0) is 69.6 Å². The third-order valence-corrected chi connectivity index (χ3v) is 10.3. The summed E-state index contributed by atoms with van der Waals surface area (Å²) < 4.78 is 5.03. The van der Waals surface area contributed by atoms with Crippen LogP contribution in [0.5, 0.6) is 0 Å². The first-order valence-corrected chi connectivity index (χ1v) is 15.8. The highest BCUT2D eigenvalue weighted by Crippen LogP contribution is 2.44. The summed E-state index contributed by atoms with van der Waals surface area (Å²) in [5, 5.41) is 14.0. The van der Waals surface area contributed by atoms with Crippen LogP contribution in [0.3, 0.4) is 0 Å². The van der Waals surface area contributed by atoms with Crippen LogP contribution in [0.15, 0.2) is 145 Å². The minimum Gasteiger partial charge on any atom is -0.370 e. The van der Waals surface area contributed by atoms with Crippen LogP contribution in [0, 0.1) is 0 Å². The van der Waals surface area contributed by atoms with Crippen molar-refractivity contribution in [1.29, 1.82) is 0 Å². The monoisotopic (exact) mass is 579 g/mol. The molecule has 1 aliphatic heterocycles. The minimum atomic E-state index is -0.153. The number of aliphatic imine (C=N–C) groups is 1. The molecule has 3 heterocycles. The third kappa shape index (κ3) is 3.40. The number of nitrogens with zero attached hydrogens (tertiary/aromatic N) is 2. The molecule has 0 fully saturated rings. The maximum absolute atomic E-state index is 5.48. The fourth-order valence-electron chi connectivity index (χ4n) is 7.17. The molecule has 44 heavy (non-hydrogen) atoms. The number of thiophene rings is 1. The molecule has 0 bridgehead atoms. The van der Waals surface area contributed by atoms with Crippen molar-refractivity contribution in [2.75, 3.05) is 5.32 Å². The lowest BCUT2D eigenvalue weighted by Crippen LogP contribution is -2.29. The zero-order chi connectivity index (χ0) is 28.8. The van der Waals surface area contributed by atoms with Crippen LogP contribution in [0.1, 0.15) is 11.6 Å². The van der Waals surface area contributed by atoms with Crippen molar-refractivity contribution in [3.63, 3.8) is 0 Å². The summed E-state index contributed by atoms with van der Waals surface area (Å²) in [6.45, 7) is 0. The molecule has 206 valence electrons. The Morgan fingerprint density at radius 2 is 1.20 bits per heavy atom. The molecule has 9 aromatic rings. The van der Waals surface area contributed by atoms with E-state index in [0.29, 0.717) is 0 Å². The second kappa shape index (κ2) is 9.03. The van der Waals surface area contributed by atoms with Gasteiger partial charge < -0.3 is 5.32 Å². The molecule has 2 aromatic heterocycles. The van der Waals surface area contributed by atoms with Crippen LogP contribution >= 0.6 is 11.3 Å². The largest absolute Gasteiger partial charge is 0.370 e.